The van der Waals surface area contributed by atoms with E-state index in [4.69, 9.17) is 14.2 Å². The summed E-state index contributed by atoms with van der Waals surface area (Å²) in [7, 11) is 0. The van der Waals surface area contributed by atoms with Gasteiger partial charge >= 0.3 is 5.97 Å². The first-order valence-corrected chi connectivity index (χ1v) is 7.11. The minimum atomic E-state index is -0.656. The van der Waals surface area contributed by atoms with E-state index in [1.807, 2.05) is 32.9 Å². The SMILES string of the molecule is C/C=C/C1CC(CC(=O)OCCCC)OC(C)(C)O1. The lowest BCUT2D eigenvalue weighted by Crippen LogP contribution is -2.44. The van der Waals surface area contributed by atoms with Crippen LogP contribution in [-0.2, 0) is 19.0 Å². The van der Waals surface area contributed by atoms with Crippen LogP contribution in [0, 0.1) is 0 Å². The average molecular weight is 270 g/mol. The first kappa shape index (κ1) is 16.2. The molecule has 0 N–H and O–H groups in total. The zero-order valence-corrected chi connectivity index (χ0v) is 12.5. The topological polar surface area (TPSA) is 44.8 Å². The second kappa shape index (κ2) is 7.65. The van der Waals surface area contributed by atoms with Gasteiger partial charge in [0.1, 0.15) is 0 Å². The molecule has 4 heteroatoms. The molecule has 1 aliphatic heterocycles. The van der Waals surface area contributed by atoms with Gasteiger partial charge in [0.25, 0.3) is 0 Å². The summed E-state index contributed by atoms with van der Waals surface area (Å²) in [6.45, 7) is 8.27. The fourth-order valence-electron chi connectivity index (χ4n) is 2.18. The summed E-state index contributed by atoms with van der Waals surface area (Å²) in [6, 6.07) is 0. The second-order valence-electron chi connectivity index (χ2n) is 5.34. The van der Waals surface area contributed by atoms with Crippen molar-refractivity contribution in [3.05, 3.63) is 12.2 Å². The zero-order chi connectivity index (χ0) is 14.3. The molecule has 4 nitrogen and oxygen atoms in total. The van der Waals surface area contributed by atoms with E-state index in [0.717, 1.165) is 12.8 Å². The van der Waals surface area contributed by atoms with Gasteiger partial charge in [-0.05, 0) is 27.2 Å². The molecule has 1 saturated heterocycles. The van der Waals surface area contributed by atoms with E-state index in [1.54, 1.807) is 0 Å². The predicted octanol–water partition coefficient (Wildman–Crippen LogP) is 3.21. The number of carbonyl (C=O) groups excluding carboxylic acids is 1. The number of unbranched alkanes of at least 4 members (excludes halogenated alkanes) is 1. The van der Waals surface area contributed by atoms with Crippen molar-refractivity contribution in [3.63, 3.8) is 0 Å². The average Bonchev–Trinajstić information content (AvgIpc) is 2.27. The molecular formula is C15H26O4. The Morgan fingerprint density at radius 3 is 2.79 bits per heavy atom. The third-order valence-corrected chi connectivity index (χ3v) is 2.94. The fourth-order valence-corrected chi connectivity index (χ4v) is 2.18. The van der Waals surface area contributed by atoms with Crippen LogP contribution in [0.1, 0.15) is 53.4 Å². The number of esters is 1. The number of hydrogen-bond donors (Lipinski definition) is 0. The van der Waals surface area contributed by atoms with Gasteiger partial charge in [-0.1, -0.05) is 25.5 Å². The van der Waals surface area contributed by atoms with Crippen molar-refractivity contribution in [3.8, 4) is 0 Å². The summed E-state index contributed by atoms with van der Waals surface area (Å²) in [4.78, 5) is 11.7. The van der Waals surface area contributed by atoms with Gasteiger partial charge in [-0.15, -0.1) is 0 Å². The molecule has 0 aromatic rings. The molecule has 0 radical (unpaired) electrons. The molecule has 19 heavy (non-hydrogen) atoms. The molecule has 1 rings (SSSR count). The molecule has 1 heterocycles. The highest BCUT2D eigenvalue weighted by Crippen LogP contribution is 2.29. The molecule has 0 aromatic heterocycles. The molecule has 0 amide bonds. The van der Waals surface area contributed by atoms with Crippen molar-refractivity contribution in [1.82, 2.24) is 0 Å². The molecule has 2 atom stereocenters. The molecule has 1 fully saturated rings. The number of carbonyl (C=O) groups is 1. The summed E-state index contributed by atoms with van der Waals surface area (Å²) in [6.07, 6.45) is 6.75. The van der Waals surface area contributed by atoms with E-state index >= 15 is 0 Å². The van der Waals surface area contributed by atoms with E-state index < -0.39 is 5.79 Å². The maximum absolute atomic E-state index is 11.7. The minimum absolute atomic E-state index is 0.00203. The van der Waals surface area contributed by atoms with Crippen LogP contribution in [0.3, 0.4) is 0 Å². The van der Waals surface area contributed by atoms with Crippen LogP contribution in [0.2, 0.25) is 0 Å². The monoisotopic (exact) mass is 270 g/mol. The van der Waals surface area contributed by atoms with Crippen LogP contribution < -0.4 is 0 Å². The van der Waals surface area contributed by atoms with Crippen molar-refractivity contribution in [2.45, 2.75) is 71.4 Å². The molecule has 0 saturated carbocycles. The Hall–Kier alpha value is -0.870. The zero-order valence-electron chi connectivity index (χ0n) is 12.5. The number of rotatable bonds is 6. The summed E-state index contributed by atoms with van der Waals surface area (Å²) in [5, 5.41) is 0. The second-order valence-corrected chi connectivity index (χ2v) is 5.34. The van der Waals surface area contributed by atoms with Gasteiger partial charge in [0.05, 0.1) is 25.2 Å². The fraction of sp³-hybridized carbons (Fsp3) is 0.800. The summed E-state index contributed by atoms with van der Waals surface area (Å²) in [5.41, 5.74) is 0. The van der Waals surface area contributed by atoms with Gasteiger partial charge in [-0.3, -0.25) is 4.79 Å². The molecule has 110 valence electrons. The van der Waals surface area contributed by atoms with Crippen LogP contribution in [0.4, 0.5) is 0 Å². The smallest absolute Gasteiger partial charge is 0.308 e. The van der Waals surface area contributed by atoms with Crippen molar-refractivity contribution in [2.75, 3.05) is 6.61 Å². The lowest BCUT2D eigenvalue weighted by Gasteiger charge is -2.39. The van der Waals surface area contributed by atoms with Gasteiger partial charge in [-0.25, -0.2) is 0 Å². The lowest BCUT2D eigenvalue weighted by atomic mass is 10.1. The molecule has 0 bridgehead atoms. The largest absolute Gasteiger partial charge is 0.466 e. The van der Waals surface area contributed by atoms with E-state index in [-0.39, 0.29) is 18.2 Å². The van der Waals surface area contributed by atoms with Crippen LogP contribution in [0.25, 0.3) is 0 Å². The normalized spacial score (nSPS) is 26.5. The Morgan fingerprint density at radius 1 is 1.42 bits per heavy atom. The molecule has 0 spiro atoms. The predicted molar refractivity (Wildman–Crippen MR) is 73.7 cm³/mol. The van der Waals surface area contributed by atoms with Crippen LogP contribution in [0.5, 0.6) is 0 Å². The van der Waals surface area contributed by atoms with Gasteiger partial charge in [-0.2, -0.15) is 0 Å². The number of allylic oxidation sites excluding steroid dienone is 1. The molecular weight excluding hydrogens is 244 g/mol. The van der Waals surface area contributed by atoms with E-state index in [2.05, 4.69) is 6.92 Å². The van der Waals surface area contributed by atoms with Crippen molar-refractivity contribution < 1.29 is 19.0 Å². The Labute approximate surface area is 116 Å². The maximum atomic E-state index is 11.7. The molecule has 0 aliphatic carbocycles. The number of hydrogen-bond acceptors (Lipinski definition) is 4. The van der Waals surface area contributed by atoms with E-state index in [9.17, 15) is 4.79 Å². The first-order valence-electron chi connectivity index (χ1n) is 7.11. The summed E-state index contributed by atoms with van der Waals surface area (Å²) < 4.78 is 16.7. The molecule has 0 aromatic carbocycles. The van der Waals surface area contributed by atoms with Crippen molar-refractivity contribution in [2.24, 2.45) is 0 Å². The third kappa shape index (κ3) is 6.21. The van der Waals surface area contributed by atoms with E-state index in [1.165, 1.54) is 0 Å². The highest BCUT2D eigenvalue weighted by atomic mass is 16.7. The van der Waals surface area contributed by atoms with Crippen molar-refractivity contribution in [1.29, 1.82) is 0 Å². The number of ether oxygens (including phenoxy) is 3. The van der Waals surface area contributed by atoms with Crippen molar-refractivity contribution >= 4 is 5.97 Å². The first-order chi connectivity index (χ1) is 8.96. The minimum Gasteiger partial charge on any atom is -0.466 e. The quantitative estimate of drug-likeness (QED) is 0.422. The van der Waals surface area contributed by atoms with Gasteiger partial charge in [0, 0.05) is 6.42 Å². The maximum Gasteiger partial charge on any atom is 0.308 e. The van der Waals surface area contributed by atoms with Crippen LogP contribution >= 0.6 is 0 Å². The Bertz CT molecular complexity index is 309. The van der Waals surface area contributed by atoms with Crippen LogP contribution in [-0.4, -0.2) is 30.6 Å². The molecule has 2 unspecified atom stereocenters. The summed E-state index contributed by atoms with van der Waals surface area (Å²) >= 11 is 0. The van der Waals surface area contributed by atoms with Gasteiger partial charge in [0.15, 0.2) is 5.79 Å². The highest BCUT2D eigenvalue weighted by Gasteiger charge is 2.35. The highest BCUT2D eigenvalue weighted by molar-refractivity contribution is 5.70. The Balaban J connectivity index is 2.45. The lowest BCUT2D eigenvalue weighted by molar-refractivity contribution is -0.290. The summed E-state index contributed by atoms with van der Waals surface area (Å²) in [5.74, 6) is -0.841. The van der Waals surface area contributed by atoms with E-state index in [0.29, 0.717) is 19.4 Å². The molecule has 1 aliphatic rings. The Morgan fingerprint density at radius 2 is 2.16 bits per heavy atom. The van der Waals surface area contributed by atoms with Gasteiger partial charge in [0.2, 0.25) is 0 Å². The standard InChI is InChI=1S/C15H26O4/c1-5-7-9-17-14(16)11-13-10-12(8-6-2)18-15(3,4)19-13/h6,8,12-13H,5,7,9-11H2,1-4H3/b8-6+. The van der Waals surface area contributed by atoms with Gasteiger partial charge < -0.3 is 14.2 Å². The van der Waals surface area contributed by atoms with Crippen LogP contribution in [0.15, 0.2) is 12.2 Å². The third-order valence-electron chi connectivity index (χ3n) is 2.94. The Kier molecular flexibility index (Phi) is 6.52.